The Bertz CT molecular complexity index is 141. The lowest BCUT2D eigenvalue weighted by molar-refractivity contribution is 0.613. The third-order valence-corrected chi connectivity index (χ3v) is 11.2. The SMILES string of the molecule is CN[Si](Cl)(C(C)(C)C)C(C)(C)C. The molecular weight excluding hydrogens is 186 g/mol. The topological polar surface area (TPSA) is 12.0 Å². The molecule has 0 aliphatic rings. The predicted octanol–water partition coefficient (Wildman–Crippen LogP) is 3.49. The van der Waals surface area contributed by atoms with Gasteiger partial charge < -0.3 is 4.98 Å². The van der Waals surface area contributed by atoms with Gasteiger partial charge in [0, 0.05) is 0 Å². The molecule has 12 heavy (non-hydrogen) atoms. The summed E-state index contributed by atoms with van der Waals surface area (Å²) in [5.74, 6) is 0. The average molecular weight is 208 g/mol. The molecule has 1 nitrogen and oxygen atoms in total. The second-order valence-electron chi connectivity index (χ2n) is 5.41. The van der Waals surface area contributed by atoms with E-state index in [2.05, 4.69) is 46.5 Å². The Hall–Kier alpha value is 0.467. The molecule has 0 rings (SSSR count). The van der Waals surface area contributed by atoms with E-state index in [4.69, 9.17) is 11.1 Å². The van der Waals surface area contributed by atoms with Crippen LogP contribution < -0.4 is 4.98 Å². The number of nitrogens with one attached hydrogen (secondary N) is 1. The van der Waals surface area contributed by atoms with Crippen LogP contribution in [0.5, 0.6) is 0 Å². The molecule has 0 saturated heterocycles. The third-order valence-electron chi connectivity index (χ3n) is 2.41. The molecule has 0 heterocycles. The van der Waals surface area contributed by atoms with Gasteiger partial charge >= 0.3 is 0 Å². The van der Waals surface area contributed by atoms with Gasteiger partial charge in [0.05, 0.1) is 0 Å². The zero-order valence-corrected chi connectivity index (χ0v) is 11.1. The molecule has 3 heteroatoms. The number of hydrogen-bond donors (Lipinski definition) is 1. The van der Waals surface area contributed by atoms with Gasteiger partial charge in [-0.25, -0.2) is 0 Å². The van der Waals surface area contributed by atoms with E-state index in [1.54, 1.807) is 0 Å². The van der Waals surface area contributed by atoms with Gasteiger partial charge in [0.25, 0.3) is 0 Å². The largest absolute Gasteiger partial charge is 0.327 e. The van der Waals surface area contributed by atoms with Crippen molar-refractivity contribution in [1.82, 2.24) is 4.98 Å². The van der Waals surface area contributed by atoms with Gasteiger partial charge in [-0.05, 0) is 17.1 Å². The number of halogens is 1. The first-order valence-corrected chi connectivity index (χ1v) is 7.45. The highest BCUT2D eigenvalue weighted by Gasteiger charge is 2.51. The van der Waals surface area contributed by atoms with Gasteiger partial charge in [0.2, 0.25) is 7.55 Å². The van der Waals surface area contributed by atoms with Crippen LogP contribution in [0.3, 0.4) is 0 Å². The summed E-state index contributed by atoms with van der Waals surface area (Å²) >= 11 is 6.70. The van der Waals surface area contributed by atoms with Crippen LogP contribution in [0, 0.1) is 0 Å². The summed E-state index contributed by atoms with van der Waals surface area (Å²) in [6.07, 6.45) is 0. The Morgan fingerprint density at radius 3 is 1.17 bits per heavy atom. The van der Waals surface area contributed by atoms with Crippen LogP contribution in [0.1, 0.15) is 41.5 Å². The zero-order valence-electron chi connectivity index (χ0n) is 9.38. The Morgan fingerprint density at radius 2 is 1.17 bits per heavy atom. The van der Waals surface area contributed by atoms with Crippen molar-refractivity contribution >= 4 is 18.6 Å². The van der Waals surface area contributed by atoms with Gasteiger partial charge in [-0.15, -0.1) is 11.1 Å². The molecule has 0 aromatic carbocycles. The number of rotatable bonds is 1. The molecule has 0 bridgehead atoms. The van der Waals surface area contributed by atoms with Crippen molar-refractivity contribution in [2.75, 3.05) is 7.05 Å². The Labute approximate surface area is 82.7 Å². The van der Waals surface area contributed by atoms with Crippen molar-refractivity contribution in [2.45, 2.75) is 51.6 Å². The molecule has 0 aromatic heterocycles. The lowest BCUT2D eigenvalue weighted by Crippen LogP contribution is -2.57. The fourth-order valence-electron chi connectivity index (χ4n) is 1.88. The quantitative estimate of drug-likeness (QED) is 0.513. The van der Waals surface area contributed by atoms with Crippen molar-refractivity contribution in [3.8, 4) is 0 Å². The summed E-state index contributed by atoms with van der Waals surface area (Å²) in [4.78, 5) is 3.36. The van der Waals surface area contributed by atoms with Gasteiger partial charge in [-0.1, -0.05) is 41.5 Å². The summed E-state index contributed by atoms with van der Waals surface area (Å²) in [5, 5.41) is 0.364. The fraction of sp³-hybridized carbons (Fsp3) is 1.00. The predicted molar refractivity (Wildman–Crippen MR) is 60.1 cm³/mol. The van der Waals surface area contributed by atoms with Crippen LogP contribution in [0.25, 0.3) is 0 Å². The minimum Gasteiger partial charge on any atom is -0.327 e. The highest BCUT2D eigenvalue weighted by molar-refractivity contribution is 7.21. The molecule has 74 valence electrons. The van der Waals surface area contributed by atoms with E-state index in [-0.39, 0.29) is 10.1 Å². The smallest absolute Gasteiger partial charge is 0.237 e. The minimum absolute atomic E-state index is 0.182. The molecule has 0 fully saturated rings. The lowest BCUT2D eigenvalue weighted by atomic mass is 10.2. The molecule has 0 amide bonds. The molecule has 0 radical (unpaired) electrons. The molecule has 0 aliphatic heterocycles. The molecule has 0 aromatic rings. The van der Waals surface area contributed by atoms with Gasteiger partial charge in [-0.2, -0.15) is 0 Å². The van der Waals surface area contributed by atoms with E-state index in [1.165, 1.54) is 0 Å². The van der Waals surface area contributed by atoms with Gasteiger partial charge in [0.1, 0.15) is 0 Å². The number of hydrogen-bond acceptors (Lipinski definition) is 1. The molecule has 0 saturated carbocycles. The van der Waals surface area contributed by atoms with Crippen molar-refractivity contribution < 1.29 is 0 Å². The second kappa shape index (κ2) is 3.32. The van der Waals surface area contributed by atoms with E-state index in [0.29, 0.717) is 0 Å². The second-order valence-corrected chi connectivity index (χ2v) is 11.9. The monoisotopic (exact) mass is 207 g/mol. The maximum absolute atomic E-state index is 6.70. The molecular formula is C9H22ClNSi. The fourth-order valence-corrected chi connectivity index (χ4v) is 5.62. The van der Waals surface area contributed by atoms with Gasteiger partial charge in [0.15, 0.2) is 0 Å². The minimum atomic E-state index is -1.90. The van der Waals surface area contributed by atoms with E-state index >= 15 is 0 Å². The van der Waals surface area contributed by atoms with E-state index in [1.807, 2.05) is 7.05 Å². The highest BCUT2D eigenvalue weighted by atomic mass is 35.6. The first-order chi connectivity index (χ1) is 5.06. The van der Waals surface area contributed by atoms with Crippen LogP contribution in [-0.2, 0) is 0 Å². The normalized spacial score (nSPS) is 15.0. The Balaban J connectivity index is 4.95. The van der Waals surface area contributed by atoms with E-state index in [0.717, 1.165) is 0 Å². The van der Waals surface area contributed by atoms with Crippen LogP contribution in [-0.4, -0.2) is 14.6 Å². The first kappa shape index (κ1) is 12.5. The zero-order chi connectivity index (χ0) is 10.2. The summed E-state index contributed by atoms with van der Waals surface area (Å²) in [6, 6.07) is 0. The first-order valence-electron chi connectivity index (χ1n) is 4.44. The standard InChI is InChI=1S/C9H22ClNSi/c1-8(2,3)12(10,11-7)9(4,5)6/h11H,1-7H3. The Morgan fingerprint density at radius 1 is 0.917 bits per heavy atom. The molecule has 0 atom stereocenters. The van der Waals surface area contributed by atoms with Crippen molar-refractivity contribution in [1.29, 1.82) is 0 Å². The summed E-state index contributed by atoms with van der Waals surface area (Å²) in [5.41, 5.74) is 0. The maximum atomic E-state index is 6.70. The van der Waals surface area contributed by atoms with Crippen LogP contribution in [0.15, 0.2) is 0 Å². The van der Waals surface area contributed by atoms with Gasteiger partial charge in [-0.3, -0.25) is 0 Å². The van der Waals surface area contributed by atoms with Crippen molar-refractivity contribution in [3.63, 3.8) is 0 Å². The average Bonchev–Trinajstić information content (AvgIpc) is 1.81. The lowest BCUT2D eigenvalue weighted by Gasteiger charge is -2.46. The third kappa shape index (κ3) is 2.04. The molecule has 0 unspecified atom stereocenters. The van der Waals surface area contributed by atoms with E-state index in [9.17, 15) is 0 Å². The summed E-state index contributed by atoms with van der Waals surface area (Å²) in [7, 11) is 0.0775. The Kier molecular flexibility index (Phi) is 3.44. The molecule has 1 N–H and O–H groups in total. The maximum Gasteiger partial charge on any atom is 0.237 e. The highest BCUT2D eigenvalue weighted by Crippen LogP contribution is 2.51. The summed E-state index contributed by atoms with van der Waals surface area (Å²) in [6.45, 7) is 13.3. The van der Waals surface area contributed by atoms with Crippen LogP contribution in [0.2, 0.25) is 10.1 Å². The van der Waals surface area contributed by atoms with Crippen molar-refractivity contribution in [2.24, 2.45) is 0 Å². The molecule has 0 aliphatic carbocycles. The van der Waals surface area contributed by atoms with Crippen molar-refractivity contribution in [3.05, 3.63) is 0 Å². The summed E-state index contributed by atoms with van der Waals surface area (Å²) < 4.78 is 0. The van der Waals surface area contributed by atoms with E-state index < -0.39 is 7.55 Å². The van der Waals surface area contributed by atoms with Crippen LogP contribution >= 0.6 is 11.1 Å². The van der Waals surface area contributed by atoms with Crippen LogP contribution in [0.4, 0.5) is 0 Å². The molecule has 0 spiro atoms.